The van der Waals surface area contributed by atoms with Crippen LogP contribution < -0.4 is 5.32 Å². The molecule has 0 aliphatic carbocycles. The zero-order valence-corrected chi connectivity index (χ0v) is 15.1. The third-order valence-electron chi connectivity index (χ3n) is 5.07. The Bertz CT molecular complexity index is 895. The van der Waals surface area contributed by atoms with E-state index in [1.165, 1.54) is 17.2 Å². The van der Waals surface area contributed by atoms with Gasteiger partial charge < -0.3 is 5.32 Å². The molecule has 1 fully saturated rings. The van der Waals surface area contributed by atoms with E-state index < -0.39 is 0 Å². The van der Waals surface area contributed by atoms with Gasteiger partial charge >= 0.3 is 0 Å². The Kier molecular flexibility index (Phi) is 4.71. The van der Waals surface area contributed by atoms with Gasteiger partial charge in [-0.2, -0.15) is 5.10 Å². The van der Waals surface area contributed by atoms with E-state index in [1.54, 1.807) is 6.20 Å². The van der Waals surface area contributed by atoms with Crippen molar-refractivity contribution in [2.45, 2.75) is 32.4 Å². The van der Waals surface area contributed by atoms with Crippen LogP contribution in [0.2, 0.25) is 0 Å². The highest BCUT2D eigenvalue weighted by atomic mass is 16.2. The van der Waals surface area contributed by atoms with Gasteiger partial charge in [0, 0.05) is 43.7 Å². The first-order valence-electron chi connectivity index (χ1n) is 9.20. The standard InChI is InChI=1S/C21H24N4O/c1-16(26)25-21-8-7-20(13-18(21)14-22-25)23-19-9-11-24(12-10-19)15-17-5-3-2-4-6-17/h2-8,13-14,19,23H,9-12,15H2,1H3. The highest BCUT2D eigenvalue weighted by Gasteiger charge is 2.19. The fourth-order valence-electron chi connectivity index (χ4n) is 3.69. The number of nitrogens with one attached hydrogen (secondary N) is 1. The average molecular weight is 348 g/mol. The van der Waals surface area contributed by atoms with Gasteiger partial charge in [-0.25, -0.2) is 4.68 Å². The Morgan fingerprint density at radius 3 is 2.65 bits per heavy atom. The van der Waals surface area contributed by atoms with Crippen LogP contribution in [-0.2, 0) is 6.54 Å². The summed E-state index contributed by atoms with van der Waals surface area (Å²) in [6.07, 6.45) is 4.03. The molecule has 134 valence electrons. The molecule has 1 saturated heterocycles. The molecule has 0 saturated carbocycles. The lowest BCUT2D eigenvalue weighted by molar-refractivity contribution is 0.0927. The van der Waals surface area contributed by atoms with E-state index in [4.69, 9.17) is 0 Å². The molecule has 1 N–H and O–H groups in total. The minimum atomic E-state index is -0.0634. The number of carbonyl (C=O) groups excluding carboxylic acids is 1. The van der Waals surface area contributed by atoms with Crippen LogP contribution in [0.3, 0.4) is 0 Å². The van der Waals surface area contributed by atoms with Crippen molar-refractivity contribution in [3.63, 3.8) is 0 Å². The lowest BCUT2D eigenvalue weighted by Crippen LogP contribution is -2.38. The van der Waals surface area contributed by atoms with Crippen molar-refractivity contribution in [3.8, 4) is 0 Å². The SMILES string of the molecule is CC(=O)n1ncc2cc(NC3CCN(Cc4ccccc4)CC3)ccc21. The Morgan fingerprint density at radius 1 is 1.15 bits per heavy atom. The number of likely N-dealkylation sites (tertiary alicyclic amines) is 1. The van der Waals surface area contributed by atoms with Crippen molar-refractivity contribution in [1.29, 1.82) is 0 Å². The lowest BCUT2D eigenvalue weighted by atomic mass is 10.0. The van der Waals surface area contributed by atoms with Gasteiger partial charge in [0.15, 0.2) is 0 Å². The molecule has 4 rings (SSSR count). The molecule has 0 bridgehead atoms. The summed E-state index contributed by atoms with van der Waals surface area (Å²) in [5.74, 6) is -0.0634. The van der Waals surface area contributed by atoms with Crippen molar-refractivity contribution < 1.29 is 4.79 Å². The molecule has 2 aromatic carbocycles. The number of benzene rings is 2. The molecule has 0 unspecified atom stereocenters. The van der Waals surface area contributed by atoms with Gasteiger partial charge in [-0.05, 0) is 36.6 Å². The molecule has 2 heterocycles. The van der Waals surface area contributed by atoms with Crippen molar-refractivity contribution >= 4 is 22.5 Å². The van der Waals surface area contributed by atoms with Gasteiger partial charge in [-0.3, -0.25) is 9.69 Å². The van der Waals surface area contributed by atoms with Crippen LogP contribution >= 0.6 is 0 Å². The highest BCUT2D eigenvalue weighted by molar-refractivity contribution is 5.91. The molecule has 5 nitrogen and oxygen atoms in total. The van der Waals surface area contributed by atoms with Crippen molar-refractivity contribution in [1.82, 2.24) is 14.7 Å². The minimum Gasteiger partial charge on any atom is -0.382 e. The van der Waals surface area contributed by atoms with E-state index in [1.807, 2.05) is 12.1 Å². The smallest absolute Gasteiger partial charge is 0.244 e. The number of aromatic nitrogens is 2. The number of nitrogens with zero attached hydrogens (tertiary/aromatic N) is 3. The number of piperidine rings is 1. The van der Waals surface area contributed by atoms with Crippen molar-refractivity contribution in [2.75, 3.05) is 18.4 Å². The van der Waals surface area contributed by atoms with Crippen molar-refractivity contribution in [2.24, 2.45) is 0 Å². The maximum Gasteiger partial charge on any atom is 0.244 e. The molecule has 0 amide bonds. The highest BCUT2D eigenvalue weighted by Crippen LogP contribution is 2.22. The fraction of sp³-hybridized carbons (Fsp3) is 0.333. The van der Waals surface area contributed by atoms with Gasteiger partial charge in [0.2, 0.25) is 5.91 Å². The van der Waals surface area contributed by atoms with Crippen molar-refractivity contribution in [3.05, 3.63) is 60.3 Å². The van der Waals surface area contributed by atoms with Crippen LogP contribution in [0.5, 0.6) is 0 Å². The maximum atomic E-state index is 11.6. The monoisotopic (exact) mass is 348 g/mol. The van der Waals surface area contributed by atoms with Gasteiger partial charge in [0.05, 0.1) is 11.7 Å². The van der Waals surface area contributed by atoms with E-state index in [2.05, 4.69) is 51.7 Å². The average Bonchev–Trinajstić information content (AvgIpc) is 3.08. The minimum absolute atomic E-state index is 0.0634. The summed E-state index contributed by atoms with van der Waals surface area (Å²) < 4.78 is 1.45. The Balaban J connectivity index is 1.35. The molecule has 1 aromatic heterocycles. The molecule has 26 heavy (non-hydrogen) atoms. The zero-order chi connectivity index (χ0) is 17.9. The number of carbonyl (C=O) groups is 1. The molecular weight excluding hydrogens is 324 g/mol. The number of hydrogen-bond donors (Lipinski definition) is 1. The molecule has 5 heteroatoms. The molecule has 0 atom stereocenters. The third-order valence-corrected chi connectivity index (χ3v) is 5.07. The Labute approximate surface area is 153 Å². The predicted molar refractivity (Wildman–Crippen MR) is 104 cm³/mol. The van der Waals surface area contributed by atoms with E-state index in [-0.39, 0.29) is 5.91 Å². The zero-order valence-electron chi connectivity index (χ0n) is 15.1. The van der Waals surface area contributed by atoms with Gasteiger partial charge in [0.1, 0.15) is 0 Å². The topological polar surface area (TPSA) is 50.2 Å². The fourth-order valence-corrected chi connectivity index (χ4v) is 3.69. The Hall–Kier alpha value is -2.66. The molecular formula is C21H24N4O. The first kappa shape index (κ1) is 16.8. The predicted octanol–water partition coefficient (Wildman–Crippen LogP) is 3.77. The van der Waals surface area contributed by atoms with Crippen LogP contribution in [-0.4, -0.2) is 39.7 Å². The maximum absolute atomic E-state index is 11.6. The second kappa shape index (κ2) is 7.30. The second-order valence-electron chi connectivity index (χ2n) is 7.03. The molecule has 0 spiro atoms. The van der Waals surface area contributed by atoms with Crippen LogP contribution in [0.25, 0.3) is 10.9 Å². The number of anilines is 1. The van der Waals surface area contributed by atoms with Gasteiger partial charge in [0.25, 0.3) is 0 Å². The third kappa shape index (κ3) is 3.63. The molecule has 1 aliphatic heterocycles. The van der Waals surface area contributed by atoms with Crippen LogP contribution in [0.1, 0.15) is 30.1 Å². The summed E-state index contributed by atoms with van der Waals surface area (Å²) in [5, 5.41) is 8.80. The van der Waals surface area contributed by atoms with E-state index in [0.717, 1.165) is 49.1 Å². The van der Waals surface area contributed by atoms with Gasteiger partial charge in [-0.15, -0.1) is 0 Å². The molecule has 1 aliphatic rings. The van der Waals surface area contributed by atoms with Gasteiger partial charge in [-0.1, -0.05) is 30.3 Å². The largest absolute Gasteiger partial charge is 0.382 e. The summed E-state index contributed by atoms with van der Waals surface area (Å²) in [6.45, 7) is 4.78. The number of hydrogen-bond acceptors (Lipinski definition) is 4. The molecule has 0 radical (unpaired) electrons. The van der Waals surface area contributed by atoms with Crippen LogP contribution in [0.15, 0.2) is 54.7 Å². The number of fused-ring (bicyclic) bond motifs is 1. The van der Waals surface area contributed by atoms with Crippen LogP contribution in [0.4, 0.5) is 5.69 Å². The van der Waals surface area contributed by atoms with E-state index in [9.17, 15) is 4.79 Å². The quantitative estimate of drug-likeness (QED) is 0.780. The first-order chi connectivity index (χ1) is 12.7. The first-order valence-corrected chi connectivity index (χ1v) is 9.20. The molecule has 3 aromatic rings. The summed E-state index contributed by atoms with van der Waals surface area (Å²) in [5.41, 5.74) is 3.34. The normalized spacial score (nSPS) is 16.0. The Morgan fingerprint density at radius 2 is 1.92 bits per heavy atom. The van der Waals surface area contributed by atoms with E-state index >= 15 is 0 Å². The summed E-state index contributed by atoms with van der Waals surface area (Å²) in [6, 6.07) is 17.2. The summed E-state index contributed by atoms with van der Waals surface area (Å²) in [7, 11) is 0. The second-order valence-corrected chi connectivity index (χ2v) is 7.03. The number of rotatable bonds is 4. The summed E-state index contributed by atoms with van der Waals surface area (Å²) >= 11 is 0. The van der Waals surface area contributed by atoms with Crippen LogP contribution in [0, 0.1) is 0 Å². The lowest BCUT2D eigenvalue weighted by Gasteiger charge is -2.33. The van der Waals surface area contributed by atoms with E-state index in [0.29, 0.717) is 6.04 Å². The summed E-state index contributed by atoms with van der Waals surface area (Å²) in [4.78, 5) is 14.1.